The van der Waals surface area contributed by atoms with Crippen LogP contribution in [-0.4, -0.2) is 25.7 Å². The molecule has 6 heteroatoms. The average Bonchev–Trinajstić information content (AvgIpc) is 3.28. The van der Waals surface area contributed by atoms with E-state index in [1.165, 1.54) is 0 Å². The molecule has 0 bridgehead atoms. The summed E-state index contributed by atoms with van der Waals surface area (Å²) in [5.41, 5.74) is 1.82. The number of aromatic nitrogens is 4. The monoisotopic (exact) mass is 293 g/mol. The molecule has 3 heterocycles. The molecule has 0 unspecified atom stereocenters. The molecule has 0 atom stereocenters. The molecule has 110 valence electrons. The van der Waals surface area contributed by atoms with Crippen molar-refractivity contribution in [3.05, 3.63) is 36.9 Å². The Bertz CT molecular complexity index is 866. The predicted octanol–water partition coefficient (Wildman–Crippen LogP) is 2.38. The number of fused-ring (bicyclic) bond motifs is 1. The van der Waals surface area contributed by atoms with Gasteiger partial charge in [0.25, 0.3) is 0 Å². The minimum Gasteiger partial charge on any atom is -0.310 e. The number of rotatable bonds is 3. The van der Waals surface area contributed by atoms with Gasteiger partial charge >= 0.3 is 0 Å². The Hall–Kier alpha value is -2.76. The largest absolute Gasteiger partial charge is 0.310 e. The van der Waals surface area contributed by atoms with Gasteiger partial charge in [0.05, 0.1) is 11.9 Å². The minimum atomic E-state index is 0.0633. The lowest BCUT2D eigenvalue weighted by Crippen LogP contribution is -2.14. The van der Waals surface area contributed by atoms with Crippen LogP contribution in [0.15, 0.2) is 36.9 Å². The third-order valence-corrected chi connectivity index (χ3v) is 3.80. The maximum atomic E-state index is 11.8. The van der Waals surface area contributed by atoms with Gasteiger partial charge in [-0.15, -0.1) is 0 Å². The highest BCUT2D eigenvalue weighted by Crippen LogP contribution is 2.30. The number of hydrogen-bond donors (Lipinski definition) is 1. The molecule has 4 rings (SSSR count). The first-order valence-electron chi connectivity index (χ1n) is 7.25. The fourth-order valence-corrected chi connectivity index (χ4v) is 2.39. The lowest BCUT2D eigenvalue weighted by atomic mass is 10.1. The van der Waals surface area contributed by atoms with Crippen molar-refractivity contribution in [2.24, 2.45) is 13.0 Å². The van der Waals surface area contributed by atoms with Crippen molar-refractivity contribution >= 4 is 22.5 Å². The number of nitrogens with one attached hydrogen (secondary N) is 1. The van der Waals surface area contributed by atoms with Gasteiger partial charge in [-0.05, 0) is 30.4 Å². The Morgan fingerprint density at radius 1 is 1.18 bits per heavy atom. The second-order valence-electron chi connectivity index (χ2n) is 5.65. The maximum absolute atomic E-state index is 11.8. The highest BCUT2D eigenvalue weighted by molar-refractivity contribution is 5.95. The third-order valence-electron chi connectivity index (χ3n) is 3.80. The predicted molar refractivity (Wildman–Crippen MR) is 83.1 cm³/mol. The van der Waals surface area contributed by atoms with Crippen molar-refractivity contribution in [1.29, 1.82) is 0 Å². The molecule has 1 N–H and O–H groups in total. The van der Waals surface area contributed by atoms with Crippen LogP contribution in [0.1, 0.15) is 12.8 Å². The Kier molecular flexibility index (Phi) is 2.89. The van der Waals surface area contributed by atoms with E-state index in [0.717, 1.165) is 34.9 Å². The van der Waals surface area contributed by atoms with E-state index in [4.69, 9.17) is 0 Å². The summed E-state index contributed by atoms with van der Waals surface area (Å²) in [6, 6.07) is 3.87. The molecule has 3 aromatic heterocycles. The number of hydrogen-bond acceptors (Lipinski definition) is 4. The van der Waals surface area contributed by atoms with Gasteiger partial charge in [-0.1, -0.05) is 0 Å². The average molecular weight is 293 g/mol. The molecule has 0 aliphatic heterocycles. The van der Waals surface area contributed by atoms with Gasteiger partial charge < -0.3 is 5.32 Å². The highest BCUT2D eigenvalue weighted by atomic mass is 16.2. The van der Waals surface area contributed by atoms with Gasteiger partial charge in [-0.3, -0.25) is 14.5 Å². The van der Waals surface area contributed by atoms with E-state index in [2.05, 4.69) is 20.4 Å². The van der Waals surface area contributed by atoms with Gasteiger partial charge in [0.1, 0.15) is 5.82 Å². The maximum Gasteiger partial charge on any atom is 0.228 e. The zero-order valence-corrected chi connectivity index (χ0v) is 12.2. The summed E-state index contributed by atoms with van der Waals surface area (Å²) < 4.78 is 1.75. The van der Waals surface area contributed by atoms with Gasteiger partial charge in [0.15, 0.2) is 0 Å². The van der Waals surface area contributed by atoms with Crippen molar-refractivity contribution in [3.8, 4) is 11.3 Å². The number of pyridine rings is 2. The molecule has 1 saturated carbocycles. The fourth-order valence-electron chi connectivity index (χ4n) is 2.39. The lowest BCUT2D eigenvalue weighted by Gasteiger charge is -2.05. The van der Waals surface area contributed by atoms with Gasteiger partial charge in [-0.25, -0.2) is 4.98 Å². The van der Waals surface area contributed by atoms with Gasteiger partial charge in [-0.2, -0.15) is 5.10 Å². The van der Waals surface area contributed by atoms with E-state index >= 15 is 0 Å². The molecule has 0 radical (unpaired) electrons. The molecule has 1 aliphatic carbocycles. The third kappa shape index (κ3) is 2.43. The molecule has 0 aromatic carbocycles. The summed E-state index contributed by atoms with van der Waals surface area (Å²) in [6.07, 6.45) is 9.19. The van der Waals surface area contributed by atoms with Crippen LogP contribution in [0, 0.1) is 5.92 Å². The zero-order valence-electron chi connectivity index (χ0n) is 12.2. The van der Waals surface area contributed by atoms with Crippen LogP contribution in [0.2, 0.25) is 0 Å². The van der Waals surface area contributed by atoms with Crippen LogP contribution >= 0.6 is 0 Å². The van der Waals surface area contributed by atoms with Crippen LogP contribution in [0.25, 0.3) is 22.0 Å². The fraction of sp³-hybridized carbons (Fsp3) is 0.250. The molecule has 1 aliphatic rings. The molecule has 0 saturated heterocycles. The molecule has 22 heavy (non-hydrogen) atoms. The summed E-state index contributed by atoms with van der Waals surface area (Å²) in [4.78, 5) is 20.5. The van der Waals surface area contributed by atoms with Crippen LogP contribution in [0.3, 0.4) is 0 Å². The van der Waals surface area contributed by atoms with Crippen molar-refractivity contribution < 1.29 is 4.79 Å². The Labute approximate surface area is 127 Å². The van der Waals surface area contributed by atoms with E-state index in [1.54, 1.807) is 23.3 Å². The van der Waals surface area contributed by atoms with Gasteiger partial charge in [0.2, 0.25) is 5.91 Å². The number of carbonyl (C=O) groups is 1. The number of anilines is 1. The number of nitrogens with zero attached hydrogens (tertiary/aromatic N) is 4. The van der Waals surface area contributed by atoms with Gasteiger partial charge in [0, 0.05) is 42.5 Å². The highest BCUT2D eigenvalue weighted by Gasteiger charge is 2.29. The topological polar surface area (TPSA) is 72.7 Å². The second-order valence-corrected chi connectivity index (χ2v) is 5.65. The van der Waals surface area contributed by atoms with E-state index in [-0.39, 0.29) is 11.8 Å². The molecule has 1 amide bonds. The summed E-state index contributed by atoms with van der Waals surface area (Å²) in [5.74, 6) is 0.821. The molecular formula is C16H15N5O. The number of amides is 1. The summed E-state index contributed by atoms with van der Waals surface area (Å²) in [5, 5.41) is 8.97. The lowest BCUT2D eigenvalue weighted by molar-refractivity contribution is -0.117. The second kappa shape index (κ2) is 4.91. The number of aryl methyl sites for hydroxylation is 1. The Balaban J connectivity index is 1.69. The van der Waals surface area contributed by atoms with E-state index in [0.29, 0.717) is 5.82 Å². The summed E-state index contributed by atoms with van der Waals surface area (Å²) in [6.45, 7) is 0. The Morgan fingerprint density at radius 2 is 2.00 bits per heavy atom. The first-order chi connectivity index (χ1) is 10.7. The van der Waals surface area contributed by atoms with Crippen molar-refractivity contribution in [2.45, 2.75) is 12.8 Å². The van der Waals surface area contributed by atoms with Crippen LogP contribution in [-0.2, 0) is 11.8 Å². The van der Waals surface area contributed by atoms with Crippen molar-refractivity contribution in [3.63, 3.8) is 0 Å². The molecular weight excluding hydrogens is 278 g/mol. The summed E-state index contributed by atoms with van der Waals surface area (Å²) >= 11 is 0. The van der Waals surface area contributed by atoms with E-state index < -0.39 is 0 Å². The minimum absolute atomic E-state index is 0.0633. The standard InChI is InChI=1S/C16H15N5O/c1-21-9-13(8-19-21)14-4-11-5-15(18-7-12(11)6-17-14)20-16(22)10-2-3-10/h4-10H,2-3H2,1H3,(H,18,20,22). The number of carbonyl (C=O) groups excluding carboxylic acids is 1. The smallest absolute Gasteiger partial charge is 0.228 e. The molecule has 6 nitrogen and oxygen atoms in total. The van der Waals surface area contributed by atoms with E-state index in [1.807, 2.05) is 25.4 Å². The van der Waals surface area contributed by atoms with Crippen LogP contribution < -0.4 is 5.32 Å². The normalized spacial score (nSPS) is 14.2. The molecule has 3 aromatic rings. The van der Waals surface area contributed by atoms with Crippen LogP contribution in [0.5, 0.6) is 0 Å². The van der Waals surface area contributed by atoms with Crippen molar-refractivity contribution in [2.75, 3.05) is 5.32 Å². The van der Waals surface area contributed by atoms with E-state index in [9.17, 15) is 4.79 Å². The van der Waals surface area contributed by atoms with Crippen LogP contribution in [0.4, 0.5) is 5.82 Å². The SMILES string of the molecule is Cn1cc(-c2cc3cc(NC(=O)C4CC4)ncc3cn2)cn1. The Morgan fingerprint density at radius 3 is 2.73 bits per heavy atom. The zero-order chi connectivity index (χ0) is 15.1. The summed E-state index contributed by atoms with van der Waals surface area (Å²) in [7, 11) is 1.87. The van der Waals surface area contributed by atoms with Crippen molar-refractivity contribution in [1.82, 2.24) is 19.7 Å². The first-order valence-corrected chi connectivity index (χ1v) is 7.25. The quantitative estimate of drug-likeness (QED) is 0.804. The molecule has 1 fully saturated rings. The first kappa shape index (κ1) is 12.9. The molecule has 0 spiro atoms.